The van der Waals surface area contributed by atoms with Crippen molar-refractivity contribution >= 4 is 40.7 Å². The Bertz CT molecular complexity index is 1050. The van der Waals surface area contributed by atoms with E-state index >= 15 is 0 Å². The molecule has 4 nitrogen and oxygen atoms in total. The van der Waals surface area contributed by atoms with E-state index in [1.165, 1.54) is 4.90 Å². The predicted octanol–water partition coefficient (Wildman–Crippen LogP) is 5.18. The van der Waals surface area contributed by atoms with Gasteiger partial charge in [0.05, 0.1) is 16.6 Å². The van der Waals surface area contributed by atoms with Crippen molar-refractivity contribution in [3.8, 4) is 0 Å². The lowest BCUT2D eigenvalue weighted by molar-refractivity contribution is -0.117. The highest BCUT2D eigenvalue weighted by molar-refractivity contribution is 6.34. The fraction of sp³-hybridized carbons (Fsp3) is 0.0909. The second-order valence-electron chi connectivity index (χ2n) is 6.51. The highest BCUT2D eigenvalue weighted by atomic mass is 35.5. The zero-order valence-corrected chi connectivity index (χ0v) is 16.2. The summed E-state index contributed by atoms with van der Waals surface area (Å²) in [6.07, 6.45) is 0. The summed E-state index contributed by atoms with van der Waals surface area (Å²) in [4.78, 5) is 27.5. The lowest BCUT2D eigenvalue weighted by Crippen LogP contribution is -2.39. The summed E-state index contributed by atoms with van der Waals surface area (Å²) in [6.45, 7) is -0.101. The summed E-state index contributed by atoms with van der Waals surface area (Å²) in [6, 6.07) is 21.2. The van der Waals surface area contributed by atoms with Crippen LogP contribution in [0.2, 0.25) is 10.0 Å². The number of nitrogens with one attached hydrogen (secondary N) is 1. The van der Waals surface area contributed by atoms with Gasteiger partial charge in [-0.3, -0.25) is 9.59 Å². The molecule has 0 bridgehead atoms. The van der Waals surface area contributed by atoms with Gasteiger partial charge >= 0.3 is 0 Å². The number of rotatable bonds is 2. The molecule has 0 fully saturated rings. The first kappa shape index (κ1) is 18.5. The zero-order valence-electron chi connectivity index (χ0n) is 14.7. The molecule has 3 aromatic carbocycles. The Kier molecular flexibility index (Phi) is 5.07. The average molecular weight is 411 g/mol. The normalized spacial score (nSPS) is 16.1. The van der Waals surface area contributed by atoms with Crippen molar-refractivity contribution in [1.82, 2.24) is 4.90 Å². The summed E-state index contributed by atoms with van der Waals surface area (Å²) in [5.41, 5.74) is 2.62. The van der Waals surface area contributed by atoms with Crippen molar-refractivity contribution in [2.24, 2.45) is 0 Å². The van der Waals surface area contributed by atoms with Crippen molar-refractivity contribution < 1.29 is 9.59 Å². The molecule has 0 saturated heterocycles. The van der Waals surface area contributed by atoms with Crippen molar-refractivity contribution in [1.29, 1.82) is 0 Å². The van der Waals surface area contributed by atoms with Crippen LogP contribution in [-0.4, -0.2) is 23.3 Å². The number of amides is 2. The first-order valence-corrected chi connectivity index (χ1v) is 9.50. The highest BCUT2D eigenvalue weighted by Gasteiger charge is 2.34. The Hall–Kier alpha value is -2.82. The van der Waals surface area contributed by atoms with Crippen LogP contribution in [0.5, 0.6) is 0 Å². The van der Waals surface area contributed by atoms with Gasteiger partial charge in [-0.05, 0) is 35.9 Å². The van der Waals surface area contributed by atoms with Gasteiger partial charge in [0.25, 0.3) is 5.91 Å². The smallest absolute Gasteiger partial charge is 0.256 e. The largest absolute Gasteiger partial charge is 0.324 e. The van der Waals surface area contributed by atoms with E-state index in [1.54, 1.807) is 42.5 Å². The van der Waals surface area contributed by atoms with E-state index in [-0.39, 0.29) is 18.4 Å². The van der Waals surface area contributed by atoms with Gasteiger partial charge in [0.2, 0.25) is 5.91 Å². The number of fused-ring (bicyclic) bond motifs is 1. The summed E-state index contributed by atoms with van der Waals surface area (Å²) < 4.78 is 0. The minimum Gasteiger partial charge on any atom is -0.324 e. The Labute approximate surface area is 172 Å². The third-order valence-electron chi connectivity index (χ3n) is 4.69. The maximum Gasteiger partial charge on any atom is 0.256 e. The maximum absolute atomic E-state index is 13.4. The van der Waals surface area contributed by atoms with Gasteiger partial charge in [-0.25, -0.2) is 0 Å². The van der Waals surface area contributed by atoms with Gasteiger partial charge in [-0.2, -0.15) is 0 Å². The molecular weight excluding hydrogens is 395 g/mol. The van der Waals surface area contributed by atoms with Crippen LogP contribution in [0.15, 0.2) is 72.8 Å². The van der Waals surface area contributed by atoms with E-state index in [0.717, 1.165) is 11.1 Å². The van der Waals surface area contributed by atoms with Crippen LogP contribution >= 0.6 is 23.2 Å². The fourth-order valence-electron chi connectivity index (χ4n) is 3.45. The molecule has 1 atom stereocenters. The first-order valence-electron chi connectivity index (χ1n) is 8.74. The molecule has 4 rings (SSSR count). The molecule has 1 aliphatic heterocycles. The molecule has 0 saturated carbocycles. The highest BCUT2D eigenvalue weighted by Crippen LogP contribution is 2.38. The van der Waals surface area contributed by atoms with Gasteiger partial charge in [0.15, 0.2) is 0 Å². The van der Waals surface area contributed by atoms with Crippen molar-refractivity contribution in [2.45, 2.75) is 6.04 Å². The van der Waals surface area contributed by atoms with E-state index in [0.29, 0.717) is 21.3 Å². The number of hydrogen-bond acceptors (Lipinski definition) is 2. The number of carbonyl (C=O) groups excluding carboxylic acids is 2. The third kappa shape index (κ3) is 3.49. The number of hydrogen-bond donors (Lipinski definition) is 1. The average Bonchev–Trinajstić information content (AvgIpc) is 2.84. The molecule has 1 N–H and O–H groups in total. The van der Waals surface area contributed by atoms with Crippen LogP contribution in [-0.2, 0) is 4.79 Å². The summed E-state index contributed by atoms with van der Waals surface area (Å²) in [7, 11) is 0. The molecule has 0 aromatic heterocycles. The predicted molar refractivity (Wildman–Crippen MR) is 111 cm³/mol. The topological polar surface area (TPSA) is 49.4 Å². The van der Waals surface area contributed by atoms with Gasteiger partial charge < -0.3 is 10.2 Å². The lowest BCUT2D eigenvalue weighted by Gasteiger charge is -2.31. The molecule has 0 aliphatic carbocycles. The second kappa shape index (κ2) is 7.66. The van der Waals surface area contributed by atoms with Crippen molar-refractivity contribution in [3.63, 3.8) is 0 Å². The number of nitrogens with zero attached hydrogens (tertiary/aromatic N) is 1. The van der Waals surface area contributed by atoms with Crippen molar-refractivity contribution in [3.05, 3.63) is 99.5 Å². The summed E-state index contributed by atoms with van der Waals surface area (Å²) >= 11 is 12.5. The van der Waals surface area contributed by atoms with Crippen LogP contribution in [0.4, 0.5) is 5.69 Å². The maximum atomic E-state index is 13.4. The molecule has 1 aliphatic rings. The van der Waals surface area contributed by atoms with Gasteiger partial charge in [-0.1, -0.05) is 65.7 Å². The minimum atomic E-state index is -0.488. The van der Waals surface area contributed by atoms with Gasteiger partial charge in [0, 0.05) is 16.3 Å². The summed E-state index contributed by atoms with van der Waals surface area (Å²) in [5.74, 6) is -0.593. The Balaban J connectivity index is 1.91. The molecular formula is C22H16Cl2N2O2. The van der Waals surface area contributed by atoms with Gasteiger partial charge in [0.1, 0.15) is 6.54 Å². The second-order valence-corrected chi connectivity index (χ2v) is 7.35. The Morgan fingerprint density at radius 3 is 2.43 bits per heavy atom. The molecule has 3 aromatic rings. The minimum absolute atomic E-state index is 0.101. The SMILES string of the molecule is O=C1CN(C(=O)c2ccccc2Cl)[C@H](c2ccccc2)c2cc(Cl)ccc2N1. The lowest BCUT2D eigenvalue weighted by atomic mass is 9.95. The number of benzene rings is 3. The molecule has 2 amide bonds. The summed E-state index contributed by atoms with van der Waals surface area (Å²) in [5, 5.41) is 3.75. The molecule has 0 spiro atoms. The number of carbonyl (C=O) groups is 2. The molecule has 1 heterocycles. The monoisotopic (exact) mass is 410 g/mol. The van der Waals surface area contributed by atoms with Crippen LogP contribution < -0.4 is 5.32 Å². The van der Waals surface area contributed by atoms with E-state index in [4.69, 9.17) is 23.2 Å². The quantitative estimate of drug-likeness (QED) is 0.632. The van der Waals surface area contributed by atoms with E-state index in [1.807, 2.05) is 30.3 Å². The standard InChI is InChI=1S/C22H16Cl2N2O2/c23-15-10-11-19-17(12-15)21(14-6-2-1-3-7-14)26(13-20(27)25-19)22(28)16-8-4-5-9-18(16)24/h1-12,21H,13H2,(H,25,27)/t21-/m1/s1. The van der Waals surface area contributed by atoms with E-state index in [9.17, 15) is 9.59 Å². The molecule has 0 radical (unpaired) electrons. The number of halogens is 2. The van der Waals surface area contributed by atoms with E-state index in [2.05, 4.69) is 5.32 Å². The van der Waals surface area contributed by atoms with Crippen LogP contribution in [0.3, 0.4) is 0 Å². The van der Waals surface area contributed by atoms with E-state index < -0.39 is 6.04 Å². The van der Waals surface area contributed by atoms with Crippen LogP contribution in [0.1, 0.15) is 27.5 Å². The molecule has 140 valence electrons. The molecule has 28 heavy (non-hydrogen) atoms. The zero-order chi connectivity index (χ0) is 19.7. The Morgan fingerprint density at radius 1 is 0.964 bits per heavy atom. The molecule has 6 heteroatoms. The Morgan fingerprint density at radius 2 is 1.68 bits per heavy atom. The number of anilines is 1. The molecule has 0 unspecified atom stereocenters. The van der Waals surface area contributed by atoms with Gasteiger partial charge in [-0.15, -0.1) is 0 Å². The van der Waals surface area contributed by atoms with Crippen molar-refractivity contribution in [2.75, 3.05) is 11.9 Å². The first-order chi connectivity index (χ1) is 13.5. The van der Waals surface area contributed by atoms with Crippen LogP contribution in [0.25, 0.3) is 0 Å². The fourth-order valence-corrected chi connectivity index (χ4v) is 3.85. The van der Waals surface area contributed by atoms with Crippen LogP contribution in [0, 0.1) is 0 Å². The third-order valence-corrected chi connectivity index (χ3v) is 5.25.